The molecule has 1 rings (SSSR count). The van der Waals surface area contributed by atoms with Crippen molar-refractivity contribution < 1.29 is 23.1 Å². The zero-order valence-corrected chi connectivity index (χ0v) is 15.6. The quantitative estimate of drug-likeness (QED) is 0.405. The summed E-state index contributed by atoms with van der Waals surface area (Å²) in [4.78, 5) is 0. The van der Waals surface area contributed by atoms with Gasteiger partial charge in [0.05, 0.1) is 38.2 Å². The van der Waals surface area contributed by atoms with Crippen LogP contribution in [0.1, 0.15) is 26.3 Å². The molecule has 5 nitrogen and oxygen atoms in total. The van der Waals surface area contributed by atoms with Gasteiger partial charge in [0, 0.05) is 0 Å². The van der Waals surface area contributed by atoms with E-state index in [0.29, 0.717) is 19.8 Å². The number of hydrogen-bond donors (Lipinski definition) is 0. The van der Waals surface area contributed by atoms with Gasteiger partial charge in [-0.05, 0) is 26.3 Å². The van der Waals surface area contributed by atoms with Crippen LogP contribution < -0.4 is 0 Å². The van der Waals surface area contributed by atoms with Gasteiger partial charge in [-0.25, -0.2) is 0 Å². The zero-order chi connectivity index (χ0) is 17.1. The fourth-order valence-electron chi connectivity index (χ4n) is 2.08. The first-order chi connectivity index (χ1) is 11.0. The highest BCUT2D eigenvalue weighted by Gasteiger charge is 2.32. The lowest BCUT2D eigenvalue weighted by molar-refractivity contribution is -0.0514. The van der Waals surface area contributed by atoms with E-state index in [-0.39, 0.29) is 18.3 Å². The highest BCUT2D eigenvalue weighted by Crippen LogP contribution is 2.49. The summed E-state index contributed by atoms with van der Waals surface area (Å²) in [7, 11) is -3.22. The van der Waals surface area contributed by atoms with Crippen LogP contribution in [0.2, 0.25) is 0 Å². The Balaban J connectivity index is 2.65. The number of hydrogen-bond acceptors (Lipinski definition) is 5. The van der Waals surface area contributed by atoms with E-state index in [1.54, 1.807) is 13.8 Å². The van der Waals surface area contributed by atoms with E-state index in [1.807, 2.05) is 37.3 Å². The zero-order valence-electron chi connectivity index (χ0n) is 13.9. The van der Waals surface area contributed by atoms with Gasteiger partial charge >= 0.3 is 7.60 Å². The predicted octanol–water partition coefficient (Wildman–Crippen LogP) is 4.44. The maximum atomic E-state index is 12.7. The Labute approximate surface area is 143 Å². The average Bonchev–Trinajstić information content (AvgIpc) is 2.53. The molecule has 1 aromatic rings. The summed E-state index contributed by atoms with van der Waals surface area (Å²) in [5.74, 6) is 0. The van der Waals surface area contributed by atoms with E-state index in [0.717, 1.165) is 5.56 Å². The van der Waals surface area contributed by atoms with Crippen molar-refractivity contribution >= 4 is 19.2 Å². The van der Waals surface area contributed by atoms with Crippen LogP contribution in [-0.2, 0) is 29.7 Å². The maximum absolute atomic E-state index is 12.7. The van der Waals surface area contributed by atoms with Gasteiger partial charge in [-0.2, -0.15) is 0 Å². The van der Waals surface area contributed by atoms with Gasteiger partial charge in [-0.1, -0.05) is 41.9 Å². The molecule has 0 amide bonds. The summed E-state index contributed by atoms with van der Waals surface area (Å²) in [6.45, 7) is 6.48. The molecule has 0 bridgehead atoms. The molecule has 0 saturated heterocycles. The molecule has 132 valence electrons. The Morgan fingerprint density at radius 2 is 1.70 bits per heavy atom. The molecular formula is C16H26ClO5P. The van der Waals surface area contributed by atoms with Gasteiger partial charge < -0.3 is 18.5 Å². The molecule has 0 N–H and O–H groups in total. The average molecular weight is 365 g/mol. The smallest absolute Gasteiger partial charge is 0.333 e. The van der Waals surface area contributed by atoms with Crippen LogP contribution in [0.15, 0.2) is 30.3 Å². The molecule has 0 aliphatic rings. The molecular weight excluding hydrogens is 339 g/mol. The van der Waals surface area contributed by atoms with Crippen molar-refractivity contribution in [3.05, 3.63) is 35.9 Å². The molecule has 2 atom stereocenters. The number of benzene rings is 1. The van der Waals surface area contributed by atoms with Crippen molar-refractivity contribution in [2.24, 2.45) is 0 Å². The Hall–Kier alpha value is -0.420. The second kappa shape index (κ2) is 11.2. The first-order valence-electron chi connectivity index (χ1n) is 7.75. The maximum Gasteiger partial charge on any atom is 0.333 e. The van der Waals surface area contributed by atoms with Gasteiger partial charge in [0.2, 0.25) is 0 Å². The van der Waals surface area contributed by atoms with Crippen LogP contribution in [-0.4, -0.2) is 37.6 Å². The second-order valence-corrected chi connectivity index (χ2v) is 7.27. The van der Waals surface area contributed by atoms with E-state index in [9.17, 15) is 4.57 Å². The Bertz CT molecular complexity index is 461. The minimum Gasteiger partial charge on any atom is -0.371 e. The molecule has 0 aliphatic carbocycles. The van der Waals surface area contributed by atoms with Crippen molar-refractivity contribution in [3.63, 3.8) is 0 Å². The van der Waals surface area contributed by atoms with Crippen molar-refractivity contribution in [3.8, 4) is 0 Å². The van der Waals surface area contributed by atoms with Gasteiger partial charge in [0.15, 0.2) is 0 Å². The molecule has 0 unspecified atom stereocenters. The summed E-state index contributed by atoms with van der Waals surface area (Å²) in [5.41, 5.74) is 1.06. The first kappa shape index (κ1) is 20.6. The number of halogens is 1. The molecule has 0 spiro atoms. The van der Waals surface area contributed by atoms with Crippen molar-refractivity contribution in [1.29, 1.82) is 0 Å². The summed E-state index contributed by atoms with van der Waals surface area (Å²) in [6.07, 6.45) is -0.666. The van der Waals surface area contributed by atoms with E-state index in [2.05, 4.69) is 0 Å². The van der Waals surface area contributed by atoms with Gasteiger partial charge in [0.1, 0.15) is 6.07 Å². The summed E-state index contributed by atoms with van der Waals surface area (Å²) >= 11 is 5.69. The van der Waals surface area contributed by atoms with E-state index in [4.69, 9.17) is 30.1 Å². The fraction of sp³-hybridized carbons (Fsp3) is 0.625. The molecule has 0 saturated carbocycles. The number of rotatable bonds is 12. The largest absolute Gasteiger partial charge is 0.371 e. The van der Waals surface area contributed by atoms with Gasteiger partial charge in [0.25, 0.3) is 0 Å². The molecule has 0 aromatic heterocycles. The van der Waals surface area contributed by atoms with E-state index < -0.39 is 13.7 Å². The summed E-state index contributed by atoms with van der Waals surface area (Å²) < 4.78 is 34.6. The van der Waals surface area contributed by atoms with Crippen LogP contribution in [0, 0.1) is 0 Å². The van der Waals surface area contributed by atoms with Crippen molar-refractivity contribution in [1.82, 2.24) is 0 Å². The predicted molar refractivity (Wildman–Crippen MR) is 92.0 cm³/mol. The Morgan fingerprint density at radius 1 is 1.09 bits per heavy atom. The number of ether oxygens (including phenoxy) is 2. The van der Waals surface area contributed by atoms with Crippen LogP contribution in [0.3, 0.4) is 0 Å². The first-order valence-corrected chi connectivity index (χ1v) is 10.0. The molecule has 23 heavy (non-hydrogen) atoms. The lowest BCUT2D eigenvalue weighted by Crippen LogP contribution is -2.33. The summed E-state index contributed by atoms with van der Waals surface area (Å²) in [6, 6.07) is 9.81. The van der Waals surface area contributed by atoms with E-state index >= 15 is 0 Å². The monoisotopic (exact) mass is 364 g/mol. The van der Waals surface area contributed by atoms with Crippen LogP contribution in [0.4, 0.5) is 0 Å². The minimum absolute atomic E-state index is 0.0120. The molecule has 7 heteroatoms. The van der Waals surface area contributed by atoms with Gasteiger partial charge in [-0.3, -0.25) is 4.57 Å². The third kappa shape index (κ3) is 7.79. The van der Waals surface area contributed by atoms with Crippen molar-refractivity contribution in [2.75, 3.05) is 25.4 Å². The highest BCUT2D eigenvalue weighted by atomic mass is 35.5. The lowest BCUT2D eigenvalue weighted by atomic mass is 10.2. The van der Waals surface area contributed by atoms with Crippen LogP contribution in [0.25, 0.3) is 0 Å². The van der Waals surface area contributed by atoms with Crippen molar-refractivity contribution in [2.45, 2.75) is 39.6 Å². The molecule has 0 radical (unpaired) electrons. The van der Waals surface area contributed by atoms with E-state index in [1.165, 1.54) is 0 Å². The minimum atomic E-state index is -3.22. The second-order valence-electron chi connectivity index (χ2n) is 4.94. The topological polar surface area (TPSA) is 54.0 Å². The highest BCUT2D eigenvalue weighted by molar-refractivity contribution is 7.53. The Morgan fingerprint density at radius 3 is 2.22 bits per heavy atom. The number of alkyl halides is 1. The SMILES string of the molecule is CCOP(=O)(C[C@@H](OCCl)[C@H](C)OCc1ccccc1)OCC. The van der Waals surface area contributed by atoms with Gasteiger partial charge in [-0.15, -0.1) is 0 Å². The van der Waals surface area contributed by atoms with Crippen LogP contribution in [0.5, 0.6) is 0 Å². The normalized spacial score (nSPS) is 14.6. The lowest BCUT2D eigenvalue weighted by Gasteiger charge is -2.27. The molecule has 0 fully saturated rings. The third-order valence-electron chi connectivity index (χ3n) is 3.21. The summed E-state index contributed by atoms with van der Waals surface area (Å²) in [5, 5.41) is 0. The third-order valence-corrected chi connectivity index (χ3v) is 5.45. The standard InChI is InChI=1S/C16H26ClO5P/c1-4-21-23(18,22-5-2)12-16(20-13-17)14(3)19-11-15-9-7-6-8-10-15/h6-10,14,16H,4-5,11-13H2,1-3H3/t14-,16+/m0/s1. The Kier molecular flexibility index (Phi) is 10.0. The van der Waals surface area contributed by atoms with Crippen LogP contribution >= 0.6 is 19.2 Å². The fourth-order valence-corrected chi connectivity index (χ4v) is 4.16. The molecule has 0 heterocycles. The molecule has 1 aromatic carbocycles. The molecule has 0 aliphatic heterocycles.